The van der Waals surface area contributed by atoms with Crippen LogP contribution in [-0.2, 0) is 12.5 Å². The summed E-state index contributed by atoms with van der Waals surface area (Å²) < 4.78 is 1.99. The standard InChI is InChI=1S/C12H23N3/c1-9(6-7-13)10-8-11(12(2,3)4)14-15(10)5/h8-9H,6-7,13H2,1-5H3. The van der Waals surface area contributed by atoms with Crippen LogP contribution in [0.25, 0.3) is 0 Å². The first-order chi connectivity index (χ1) is 6.86. The van der Waals surface area contributed by atoms with Gasteiger partial charge in [0.05, 0.1) is 5.69 Å². The van der Waals surface area contributed by atoms with E-state index in [-0.39, 0.29) is 5.41 Å². The van der Waals surface area contributed by atoms with E-state index in [0.29, 0.717) is 5.92 Å². The van der Waals surface area contributed by atoms with Crippen LogP contribution in [0.1, 0.15) is 51.4 Å². The van der Waals surface area contributed by atoms with Crippen LogP contribution in [0.3, 0.4) is 0 Å². The second kappa shape index (κ2) is 4.35. The van der Waals surface area contributed by atoms with E-state index in [0.717, 1.165) is 18.7 Å². The van der Waals surface area contributed by atoms with Gasteiger partial charge in [-0.15, -0.1) is 0 Å². The minimum absolute atomic E-state index is 0.123. The number of aromatic nitrogens is 2. The zero-order chi connectivity index (χ0) is 11.6. The summed E-state index contributed by atoms with van der Waals surface area (Å²) in [5, 5.41) is 4.56. The smallest absolute Gasteiger partial charge is 0.0680 e. The summed E-state index contributed by atoms with van der Waals surface area (Å²) in [5.74, 6) is 0.489. The average molecular weight is 209 g/mol. The highest BCUT2D eigenvalue weighted by atomic mass is 15.3. The van der Waals surface area contributed by atoms with Gasteiger partial charge in [0, 0.05) is 18.2 Å². The Morgan fingerprint density at radius 3 is 2.47 bits per heavy atom. The zero-order valence-electron chi connectivity index (χ0n) is 10.5. The van der Waals surface area contributed by atoms with E-state index in [2.05, 4.69) is 38.9 Å². The largest absolute Gasteiger partial charge is 0.330 e. The molecule has 3 nitrogen and oxygen atoms in total. The molecule has 3 heteroatoms. The van der Waals surface area contributed by atoms with Crippen molar-refractivity contribution in [2.24, 2.45) is 12.8 Å². The maximum Gasteiger partial charge on any atom is 0.0680 e. The third-order valence-electron chi connectivity index (χ3n) is 2.79. The molecule has 86 valence electrons. The molecule has 0 aromatic carbocycles. The Morgan fingerprint density at radius 2 is 2.07 bits per heavy atom. The van der Waals surface area contributed by atoms with Crippen LogP contribution in [0.5, 0.6) is 0 Å². The van der Waals surface area contributed by atoms with Crippen molar-refractivity contribution in [1.29, 1.82) is 0 Å². The first kappa shape index (κ1) is 12.2. The van der Waals surface area contributed by atoms with Crippen LogP contribution in [-0.4, -0.2) is 16.3 Å². The Bertz CT molecular complexity index is 320. The van der Waals surface area contributed by atoms with E-state index in [1.54, 1.807) is 0 Å². The maximum absolute atomic E-state index is 5.58. The Kier molecular flexibility index (Phi) is 3.55. The predicted octanol–water partition coefficient (Wildman–Crippen LogP) is 2.17. The number of rotatable bonds is 3. The highest BCUT2D eigenvalue weighted by Crippen LogP contribution is 2.25. The van der Waals surface area contributed by atoms with E-state index in [4.69, 9.17) is 5.73 Å². The van der Waals surface area contributed by atoms with Crippen molar-refractivity contribution < 1.29 is 0 Å². The summed E-state index contributed by atoms with van der Waals surface area (Å²) in [6.07, 6.45) is 1.02. The van der Waals surface area contributed by atoms with Crippen LogP contribution in [0.2, 0.25) is 0 Å². The summed E-state index contributed by atoms with van der Waals surface area (Å²) in [5.41, 5.74) is 8.14. The van der Waals surface area contributed by atoms with Crippen molar-refractivity contribution in [3.8, 4) is 0 Å². The van der Waals surface area contributed by atoms with Gasteiger partial charge in [-0.3, -0.25) is 4.68 Å². The normalized spacial score (nSPS) is 14.3. The first-order valence-electron chi connectivity index (χ1n) is 5.60. The van der Waals surface area contributed by atoms with Crippen molar-refractivity contribution in [3.63, 3.8) is 0 Å². The lowest BCUT2D eigenvalue weighted by atomic mass is 9.91. The second-order valence-corrected chi connectivity index (χ2v) is 5.31. The molecule has 1 heterocycles. The molecule has 0 aliphatic carbocycles. The predicted molar refractivity (Wildman–Crippen MR) is 64.0 cm³/mol. The maximum atomic E-state index is 5.58. The Morgan fingerprint density at radius 1 is 1.47 bits per heavy atom. The van der Waals surface area contributed by atoms with Gasteiger partial charge in [0.15, 0.2) is 0 Å². The molecule has 1 unspecified atom stereocenters. The number of nitrogens with two attached hydrogens (primary N) is 1. The van der Waals surface area contributed by atoms with Gasteiger partial charge in [-0.2, -0.15) is 5.10 Å². The van der Waals surface area contributed by atoms with E-state index in [1.165, 1.54) is 5.69 Å². The number of hydrogen-bond acceptors (Lipinski definition) is 2. The third-order valence-corrected chi connectivity index (χ3v) is 2.79. The number of hydrogen-bond donors (Lipinski definition) is 1. The molecule has 15 heavy (non-hydrogen) atoms. The fourth-order valence-electron chi connectivity index (χ4n) is 1.71. The number of aryl methyl sites for hydroxylation is 1. The third kappa shape index (κ3) is 2.81. The summed E-state index contributed by atoms with van der Waals surface area (Å²) in [4.78, 5) is 0. The van der Waals surface area contributed by atoms with Crippen LogP contribution in [0.15, 0.2) is 6.07 Å². The van der Waals surface area contributed by atoms with Crippen LogP contribution in [0, 0.1) is 0 Å². The molecule has 0 radical (unpaired) electrons. The van der Waals surface area contributed by atoms with Crippen LogP contribution < -0.4 is 5.73 Å². The van der Waals surface area contributed by atoms with Gasteiger partial charge in [-0.05, 0) is 24.9 Å². The molecule has 0 spiro atoms. The van der Waals surface area contributed by atoms with Gasteiger partial charge in [0.25, 0.3) is 0 Å². The second-order valence-electron chi connectivity index (χ2n) is 5.31. The van der Waals surface area contributed by atoms with Crippen molar-refractivity contribution in [2.75, 3.05) is 6.54 Å². The molecule has 0 aliphatic rings. The highest BCUT2D eigenvalue weighted by Gasteiger charge is 2.20. The summed E-state index contributed by atoms with van der Waals surface area (Å²) >= 11 is 0. The molecular weight excluding hydrogens is 186 g/mol. The van der Waals surface area contributed by atoms with Crippen molar-refractivity contribution in [1.82, 2.24) is 9.78 Å². The molecule has 1 atom stereocenters. The molecule has 0 fully saturated rings. The van der Waals surface area contributed by atoms with E-state index in [1.807, 2.05) is 11.7 Å². The van der Waals surface area contributed by atoms with Crippen molar-refractivity contribution in [2.45, 2.75) is 45.4 Å². The first-order valence-corrected chi connectivity index (χ1v) is 5.60. The Hall–Kier alpha value is -0.830. The number of nitrogens with zero attached hydrogens (tertiary/aromatic N) is 2. The van der Waals surface area contributed by atoms with Gasteiger partial charge in [0.1, 0.15) is 0 Å². The molecule has 0 aliphatic heterocycles. The van der Waals surface area contributed by atoms with Crippen LogP contribution >= 0.6 is 0 Å². The molecule has 1 rings (SSSR count). The molecule has 0 bridgehead atoms. The molecule has 2 N–H and O–H groups in total. The topological polar surface area (TPSA) is 43.8 Å². The van der Waals surface area contributed by atoms with Gasteiger partial charge in [-0.1, -0.05) is 27.7 Å². The lowest BCUT2D eigenvalue weighted by Crippen LogP contribution is -2.12. The van der Waals surface area contributed by atoms with E-state index in [9.17, 15) is 0 Å². The van der Waals surface area contributed by atoms with Gasteiger partial charge in [-0.25, -0.2) is 0 Å². The Balaban J connectivity index is 2.96. The molecule has 0 saturated carbocycles. The van der Waals surface area contributed by atoms with Crippen LogP contribution in [0.4, 0.5) is 0 Å². The quantitative estimate of drug-likeness (QED) is 0.829. The SMILES string of the molecule is CC(CCN)c1cc(C(C)(C)C)nn1C. The molecular formula is C12H23N3. The minimum atomic E-state index is 0.123. The fourth-order valence-corrected chi connectivity index (χ4v) is 1.71. The molecule has 0 amide bonds. The van der Waals surface area contributed by atoms with Crippen molar-refractivity contribution >= 4 is 0 Å². The van der Waals surface area contributed by atoms with Gasteiger partial charge >= 0.3 is 0 Å². The van der Waals surface area contributed by atoms with Gasteiger partial charge in [0.2, 0.25) is 0 Å². The monoisotopic (exact) mass is 209 g/mol. The van der Waals surface area contributed by atoms with Crippen molar-refractivity contribution in [3.05, 3.63) is 17.5 Å². The zero-order valence-corrected chi connectivity index (χ0v) is 10.5. The summed E-state index contributed by atoms with van der Waals surface area (Å²) in [6, 6.07) is 2.21. The van der Waals surface area contributed by atoms with E-state index < -0.39 is 0 Å². The lowest BCUT2D eigenvalue weighted by molar-refractivity contribution is 0.546. The minimum Gasteiger partial charge on any atom is -0.330 e. The summed E-state index contributed by atoms with van der Waals surface area (Å²) in [6.45, 7) is 9.50. The highest BCUT2D eigenvalue weighted by molar-refractivity contribution is 5.19. The average Bonchev–Trinajstić information content (AvgIpc) is 2.47. The molecule has 1 aromatic rings. The van der Waals surface area contributed by atoms with E-state index >= 15 is 0 Å². The lowest BCUT2D eigenvalue weighted by Gasteiger charge is -2.13. The van der Waals surface area contributed by atoms with Gasteiger partial charge < -0.3 is 5.73 Å². The molecule has 1 aromatic heterocycles. The molecule has 0 saturated heterocycles. The summed E-state index contributed by atoms with van der Waals surface area (Å²) in [7, 11) is 2.01. The Labute approximate surface area is 92.7 Å². The fraction of sp³-hybridized carbons (Fsp3) is 0.750.